The highest BCUT2D eigenvalue weighted by molar-refractivity contribution is 6.21. The first-order valence-corrected chi connectivity index (χ1v) is 9.13. The van der Waals surface area contributed by atoms with Crippen molar-refractivity contribution in [1.29, 1.82) is 0 Å². The molecule has 0 saturated carbocycles. The van der Waals surface area contributed by atoms with Crippen LogP contribution in [0.1, 0.15) is 16.7 Å². The minimum absolute atomic E-state index is 0.0815. The van der Waals surface area contributed by atoms with E-state index >= 15 is 0 Å². The van der Waals surface area contributed by atoms with Crippen LogP contribution < -0.4 is 10.6 Å². The fraction of sp³-hybridized carbons (Fsp3) is 0.0833. The summed E-state index contributed by atoms with van der Waals surface area (Å²) in [5.41, 5.74) is 2.82. The van der Waals surface area contributed by atoms with E-state index in [2.05, 4.69) is 10.6 Å². The van der Waals surface area contributed by atoms with Gasteiger partial charge in [-0.2, -0.15) is 0 Å². The van der Waals surface area contributed by atoms with Gasteiger partial charge < -0.3 is 10.6 Å². The van der Waals surface area contributed by atoms with E-state index in [-0.39, 0.29) is 5.57 Å². The van der Waals surface area contributed by atoms with Crippen LogP contribution in [0.3, 0.4) is 0 Å². The second-order valence-electron chi connectivity index (χ2n) is 6.31. The maximum Gasteiger partial charge on any atom is 0.257 e. The standard InChI is InChI=1S/C24H22N2O2/c27-23(25-17-20-12-6-2-7-13-20)22(16-19-10-4-1-5-11-19)24(28)26-18-21-14-8-3-9-15-21/h1-16H,17-18H2,(H,25,27)(H,26,28). The lowest BCUT2D eigenvalue weighted by Gasteiger charge is -2.11. The molecule has 140 valence electrons. The van der Waals surface area contributed by atoms with E-state index in [4.69, 9.17) is 0 Å². The molecular formula is C24H22N2O2. The van der Waals surface area contributed by atoms with Crippen LogP contribution in [0.5, 0.6) is 0 Å². The highest BCUT2D eigenvalue weighted by Gasteiger charge is 2.18. The van der Waals surface area contributed by atoms with Crippen LogP contribution >= 0.6 is 0 Å². The summed E-state index contributed by atoms with van der Waals surface area (Å²) >= 11 is 0. The van der Waals surface area contributed by atoms with E-state index in [1.165, 1.54) is 0 Å². The van der Waals surface area contributed by atoms with Crippen molar-refractivity contribution in [3.63, 3.8) is 0 Å². The summed E-state index contributed by atoms with van der Waals surface area (Å²) in [6.07, 6.45) is 1.61. The zero-order chi connectivity index (χ0) is 19.6. The summed E-state index contributed by atoms with van der Waals surface area (Å²) in [5, 5.41) is 5.66. The fourth-order valence-corrected chi connectivity index (χ4v) is 2.70. The molecule has 2 N–H and O–H groups in total. The van der Waals surface area contributed by atoms with Gasteiger partial charge in [-0.15, -0.1) is 0 Å². The first kappa shape index (κ1) is 19.1. The number of nitrogens with one attached hydrogen (secondary N) is 2. The van der Waals surface area contributed by atoms with Crippen LogP contribution in [0.15, 0.2) is 96.6 Å². The van der Waals surface area contributed by atoms with Crippen LogP contribution in [0.4, 0.5) is 0 Å². The summed E-state index contributed by atoms with van der Waals surface area (Å²) < 4.78 is 0. The quantitative estimate of drug-likeness (QED) is 0.378. The third-order valence-electron chi connectivity index (χ3n) is 4.19. The van der Waals surface area contributed by atoms with Gasteiger partial charge in [0.2, 0.25) is 0 Å². The van der Waals surface area contributed by atoms with Crippen molar-refractivity contribution >= 4 is 17.9 Å². The summed E-state index contributed by atoms with van der Waals surface area (Å²) in [6.45, 7) is 0.718. The van der Waals surface area contributed by atoms with Crippen molar-refractivity contribution in [2.75, 3.05) is 0 Å². The Hall–Kier alpha value is -3.66. The summed E-state index contributed by atoms with van der Waals surface area (Å²) in [4.78, 5) is 25.5. The molecule has 0 aliphatic rings. The monoisotopic (exact) mass is 370 g/mol. The molecular weight excluding hydrogens is 348 g/mol. The normalized spacial score (nSPS) is 10.0. The Bertz CT molecular complexity index is 879. The van der Waals surface area contributed by atoms with Gasteiger partial charge in [-0.3, -0.25) is 9.59 Å². The van der Waals surface area contributed by atoms with Crippen molar-refractivity contribution < 1.29 is 9.59 Å². The second kappa shape index (κ2) is 9.88. The van der Waals surface area contributed by atoms with Gasteiger partial charge >= 0.3 is 0 Å². The van der Waals surface area contributed by atoms with Gasteiger partial charge in [-0.1, -0.05) is 91.0 Å². The molecule has 4 heteroatoms. The largest absolute Gasteiger partial charge is 0.348 e. The molecule has 3 rings (SSSR count). The van der Waals surface area contributed by atoms with E-state index in [9.17, 15) is 9.59 Å². The molecule has 4 nitrogen and oxygen atoms in total. The van der Waals surface area contributed by atoms with Crippen molar-refractivity contribution in [2.45, 2.75) is 13.1 Å². The molecule has 0 radical (unpaired) electrons. The lowest BCUT2D eigenvalue weighted by atomic mass is 10.1. The average molecular weight is 370 g/mol. The van der Waals surface area contributed by atoms with Crippen molar-refractivity contribution in [1.82, 2.24) is 10.6 Å². The Morgan fingerprint density at radius 2 is 1.00 bits per heavy atom. The Kier molecular flexibility index (Phi) is 6.74. The van der Waals surface area contributed by atoms with E-state index in [0.29, 0.717) is 13.1 Å². The predicted octanol–water partition coefficient (Wildman–Crippen LogP) is 3.70. The highest BCUT2D eigenvalue weighted by Crippen LogP contribution is 2.09. The lowest BCUT2D eigenvalue weighted by molar-refractivity contribution is -0.123. The van der Waals surface area contributed by atoms with Gasteiger partial charge in [0, 0.05) is 13.1 Å². The molecule has 3 aromatic rings. The maximum atomic E-state index is 12.7. The van der Waals surface area contributed by atoms with E-state index < -0.39 is 11.8 Å². The van der Waals surface area contributed by atoms with Gasteiger partial charge in [0.1, 0.15) is 5.57 Å². The summed E-state index contributed by atoms with van der Waals surface area (Å²) in [6, 6.07) is 28.5. The van der Waals surface area contributed by atoms with Crippen molar-refractivity contribution in [3.05, 3.63) is 113 Å². The molecule has 28 heavy (non-hydrogen) atoms. The molecule has 0 fully saturated rings. The summed E-state index contributed by atoms with van der Waals surface area (Å²) in [7, 11) is 0. The molecule has 2 amide bonds. The number of benzene rings is 3. The predicted molar refractivity (Wildman–Crippen MR) is 111 cm³/mol. The van der Waals surface area contributed by atoms with Gasteiger partial charge in [-0.05, 0) is 22.8 Å². The number of amides is 2. The van der Waals surface area contributed by atoms with Crippen molar-refractivity contribution in [3.8, 4) is 0 Å². The van der Waals surface area contributed by atoms with Crippen LogP contribution in [0, 0.1) is 0 Å². The number of hydrogen-bond acceptors (Lipinski definition) is 2. The number of hydrogen-bond donors (Lipinski definition) is 2. The average Bonchev–Trinajstić information content (AvgIpc) is 2.76. The number of rotatable bonds is 7. The maximum absolute atomic E-state index is 12.7. The third kappa shape index (κ3) is 5.68. The summed E-state index contributed by atoms with van der Waals surface area (Å²) in [5.74, 6) is -0.809. The van der Waals surface area contributed by atoms with Gasteiger partial charge in [-0.25, -0.2) is 0 Å². The van der Waals surface area contributed by atoms with E-state index in [1.807, 2.05) is 91.0 Å². The van der Waals surface area contributed by atoms with Crippen LogP contribution in [-0.4, -0.2) is 11.8 Å². The second-order valence-corrected chi connectivity index (χ2v) is 6.31. The first-order chi connectivity index (χ1) is 13.7. The molecule has 0 aliphatic heterocycles. The molecule has 0 unspecified atom stereocenters. The van der Waals surface area contributed by atoms with Crippen LogP contribution in [-0.2, 0) is 22.7 Å². The fourth-order valence-electron chi connectivity index (χ4n) is 2.70. The minimum atomic E-state index is -0.404. The van der Waals surface area contributed by atoms with Crippen LogP contribution in [0.2, 0.25) is 0 Å². The van der Waals surface area contributed by atoms with Crippen LogP contribution in [0.25, 0.3) is 6.08 Å². The molecule has 0 saturated heterocycles. The Labute approximate surface area is 164 Å². The zero-order valence-corrected chi connectivity index (χ0v) is 15.5. The lowest BCUT2D eigenvalue weighted by Crippen LogP contribution is -2.34. The molecule has 3 aromatic carbocycles. The van der Waals surface area contributed by atoms with Gasteiger partial charge in [0.15, 0.2) is 0 Å². The van der Waals surface area contributed by atoms with E-state index in [0.717, 1.165) is 16.7 Å². The first-order valence-electron chi connectivity index (χ1n) is 9.13. The Morgan fingerprint density at radius 3 is 1.43 bits per heavy atom. The smallest absolute Gasteiger partial charge is 0.257 e. The molecule has 0 bridgehead atoms. The number of carbonyl (C=O) groups excluding carboxylic acids is 2. The molecule has 0 spiro atoms. The SMILES string of the molecule is O=C(NCc1ccccc1)C(=Cc1ccccc1)C(=O)NCc1ccccc1. The molecule has 0 heterocycles. The molecule has 0 atom stereocenters. The molecule has 0 aliphatic carbocycles. The third-order valence-corrected chi connectivity index (χ3v) is 4.19. The minimum Gasteiger partial charge on any atom is -0.348 e. The van der Waals surface area contributed by atoms with Gasteiger partial charge in [0.05, 0.1) is 0 Å². The highest BCUT2D eigenvalue weighted by atomic mass is 16.2. The van der Waals surface area contributed by atoms with Crippen molar-refractivity contribution in [2.24, 2.45) is 0 Å². The topological polar surface area (TPSA) is 58.2 Å². The Balaban J connectivity index is 1.73. The van der Waals surface area contributed by atoms with Gasteiger partial charge in [0.25, 0.3) is 11.8 Å². The Morgan fingerprint density at radius 1 is 0.607 bits per heavy atom. The number of carbonyl (C=O) groups is 2. The van der Waals surface area contributed by atoms with E-state index in [1.54, 1.807) is 6.08 Å². The molecule has 0 aromatic heterocycles. The zero-order valence-electron chi connectivity index (χ0n) is 15.5.